The van der Waals surface area contributed by atoms with Crippen LogP contribution < -0.4 is 15.1 Å². The molecule has 3 fully saturated rings. The molecule has 2 unspecified atom stereocenters. The Bertz CT molecular complexity index is 2670. The molecule has 3 saturated heterocycles. The number of carbonyl (C=O) groups excluding carboxylic acids is 3. The first-order valence-corrected chi connectivity index (χ1v) is 22.7. The summed E-state index contributed by atoms with van der Waals surface area (Å²) in [7, 11) is 0. The summed E-state index contributed by atoms with van der Waals surface area (Å²) in [5.41, 5.74) is 6.90. The molecule has 0 radical (unpaired) electrons. The summed E-state index contributed by atoms with van der Waals surface area (Å²) in [5.74, 6) is 1.95. The van der Waals surface area contributed by atoms with Crippen LogP contribution in [0.1, 0.15) is 106 Å². The Morgan fingerprint density at radius 3 is 2.09 bits per heavy atom. The van der Waals surface area contributed by atoms with Crippen LogP contribution in [0.15, 0.2) is 85.9 Å². The van der Waals surface area contributed by atoms with E-state index in [2.05, 4.69) is 35.2 Å². The topological polar surface area (TPSA) is 176 Å². The molecule has 15 nitrogen and oxygen atoms in total. The fourth-order valence-electron chi connectivity index (χ4n) is 8.88. The Labute approximate surface area is 377 Å². The van der Waals surface area contributed by atoms with Crippen LogP contribution in [0.2, 0.25) is 5.02 Å². The number of hydrogen-bond donors (Lipinski definition) is 1. The Morgan fingerprint density at radius 1 is 0.688 bits per heavy atom. The summed E-state index contributed by atoms with van der Waals surface area (Å²) in [4.78, 5) is 79.6. The lowest BCUT2D eigenvalue weighted by molar-refractivity contribution is -0.128. The van der Waals surface area contributed by atoms with Gasteiger partial charge in [0.1, 0.15) is 5.69 Å². The second kappa shape index (κ2) is 20.5. The van der Waals surface area contributed by atoms with Crippen molar-refractivity contribution in [3.05, 3.63) is 114 Å². The summed E-state index contributed by atoms with van der Waals surface area (Å²) >= 11 is 6.10. The molecule has 9 heterocycles. The van der Waals surface area contributed by atoms with Crippen molar-refractivity contribution >= 4 is 68.5 Å². The van der Waals surface area contributed by atoms with E-state index in [9.17, 15) is 14.4 Å². The third-order valence-corrected chi connectivity index (χ3v) is 12.5. The number of rotatable bonds is 6. The molecular formula is C48H53ClN12O3. The summed E-state index contributed by atoms with van der Waals surface area (Å²) < 4.78 is 0. The highest BCUT2D eigenvalue weighted by molar-refractivity contribution is 6.31. The van der Waals surface area contributed by atoms with E-state index in [1.807, 2.05) is 55.2 Å². The zero-order valence-corrected chi connectivity index (χ0v) is 37.3. The first-order chi connectivity index (χ1) is 31.3. The minimum Gasteiger partial charge on any atom is -0.339 e. The zero-order valence-electron chi connectivity index (χ0n) is 36.5. The van der Waals surface area contributed by atoms with E-state index in [-0.39, 0.29) is 29.6 Å². The van der Waals surface area contributed by atoms with E-state index in [4.69, 9.17) is 21.6 Å². The van der Waals surface area contributed by atoms with Crippen molar-refractivity contribution in [3.8, 4) is 0 Å². The lowest BCUT2D eigenvalue weighted by Gasteiger charge is -2.33. The van der Waals surface area contributed by atoms with Crippen molar-refractivity contribution in [1.29, 1.82) is 0 Å². The number of nitrogens with one attached hydrogen (secondary N) is 1. The lowest BCUT2D eigenvalue weighted by Crippen LogP contribution is -2.40. The molecule has 6 aromatic rings. The van der Waals surface area contributed by atoms with Crippen molar-refractivity contribution in [2.45, 2.75) is 83.5 Å². The molecule has 64 heavy (non-hydrogen) atoms. The van der Waals surface area contributed by atoms with Gasteiger partial charge in [0.25, 0.3) is 0 Å². The Kier molecular flexibility index (Phi) is 14.2. The number of carbonyl (C=O) groups is 3. The van der Waals surface area contributed by atoms with Crippen LogP contribution in [0, 0.1) is 0 Å². The molecule has 10 rings (SSSR count). The first-order valence-electron chi connectivity index (χ1n) is 22.3. The van der Waals surface area contributed by atoms with Crippen molar-refractivity contribution in [3.63, 3.8) is 0 Å². The highest BCUT2D eigenvalue weighted by Crippen LogP contribution is 2.36. The van der Waals surface area contributed by atoms with Crippen molar-refractivity contribution < 1.29 is 14.4 Å². The van der Waals surface area contributed by atoms with Crippen molar-refractivity contribution in [2.24, 2.45) is 0 Å². The minimum absolute atomic E-state index is 0.0258. The lowest BCUT2D eigenvalue weighted by atomic mass is 9.91. The molecule has 330 valence electrons. The Hall–Kier alpha value is -6.32. The predicted octanol–water partition coefficient (Wildman–Crippen LogP) is 7.44. The van der Waals surface area contributed by atoms with Gasteiger partial charge in [-0.1, -0.05) is 37.6 Å². The SMILES string of the molecule is CC.CC(=O)N1CC=C(c2nccnc2N2CCC(c3ccc4ccncc4n3)CC2=O)CC1.O=C1CC(c2cnc3ccc(Cl)cc3n2)CCN1c1nccnc1C1CCNCC1. The van der Waals surface area contributed by atoms with Crippen LogP contribution in [0.4, 0.5) is 11.6 Å². The molecule has 4 aliphatic heterocycles. The molecule has 0 bridgehead atoms. The number of anilines is 2. The maximum Gasteiger partial charge on any atom is 0.228 e. The molecule has 5 aromatic heterocycles. The number of hydrogen-bond acceptors (Lipinski definition) is 12. The molecule has 4 aliphatic rings. The monoisotopic (exact) mass is 880 g/mol. The number of amides is 3. The number of nitrogens with zero attached hydrogens (tertiary/aromatic N) is 11. The van der Waals surface area contributed by atoms with Gasteiger partial charge >= 0.3 is 0 Å². The molecular weight excluding hydrogens is 828 g/mol. The molecule has 0 aliphatic carbocycles. The third kappa shape index (κ3) is 9.90. The van der Waals surface area contributed by atoms with E-state index in [1.54, 1.807) is 66.2 Å². The first kappa shape index (κ1) is 44.3. The van der Waals surface area contributed by atoms with E-state index in [0.29, 0.717) is 62.2 Å². The average molecular weight is 881 g/mol. The van der Waals surface area contributed by atoms with Gasteiger partial charge in [-0.25, -0.2) is 15.0 Å². The molecule has 3 amide bonds. The van der Waals surface area contributed by atoms with Crippen LogP contribution in [0.5, 0.6) is 0 Å². The second-order valence-corrected chi connectivity index (χ2v) is 16.6. The largest absolute Gasteiger partial charge is 0.339 e. The van der Waals surface area contributed by atoms with Gasteiger partial charge in [0.05, 0.1) is 34.1 Å². The summed E-state index contributed by atoms with van der Waals surface area (Å²) in [6.07, 6.45) is 19.1. The molecule has 1 aromatic carbocycles. The molecule has 0 spiro atoms. The van der Waals surface area contributed by atoms with E-state index in [1.165, 1.54) is 0 Å². The predicted molar refractivity (Wildman–Crippen MR) is 248 cm³/mol. The van der Waals surface area contributed by atoms with Gasteiger partial charge in [0.15, 0.2) is 11.6 Å². The Morgan fingerprint density at radius 2 is 1.38 bits per heavy atom. The van der Waals surface area contributed by atoms with Crippen molar-refractivity contribution in [2.75, 3.05) is 49.1 Å². The maximum atomic E-state index is 13.2. The van der Waals surface area contributed by atoms with Crippen molar-refractivity contribution in [1.82, 2.24) is 50.1 Å². The quantitative estimate of drug-likeness (QED) is 0.175. The fourth-order valence-corrected chi connectivity index (χ4v) is 9.05. The standard InChI is InChI=1S/C24H24N6O2.C22H23ClN6O.C2H6/c1-16(31)29-11-5-18(6-12-29)23-24(27-10-9-26-23)30-13-7-19(14-22(30)32)20-3-2-17-4-8-25-15-21(17)28-20;23-16-1-2-17-18(12-16)28-19(13-27-17)15-5-10-29(20(30)11-15)22-21(25-8-9-26-22)14-3-6-24-7-4-14;1-2/h2-5,8-10,15,19H,6-7,11-14H2,1H3;1-2,8-9,12-15,24H,3-7,10-11H2;1-2H3. The average Bonchev–Trinajstić information content (AvgIpc) is 3.34. The van der Waals surface area contributed by atoms with Crippen LogP contribution >= 0.6 is 11.6 Å². The normalized spacial score (nSPS) is 19.4. The second-order valence-electron chi connectivity index (χ2n) is 16.2. The van der Waals surface area contributed by atoms with Gasteiger partial charge in [-0.3, -0.25) is 49.1 Å². The molecule has 16 heteroatoms. The van der Waals surface area contributed by atoms with Gasteiger partial charge in [0, 0.05) is 117 Å². The van der Waals surface area contributed by atoms with E-state index in [0.717, 1.165) is 94.9 Å². The van der Waals surface area contributed by atoms with Gasteiger partial charge in [-0.2, -0.15) is 0 Å². The summed E-state index contributed by atoms with van der Waals surface area (Å²) in [6, 6.07) is 11.5. The summed E-state index contributed by atoms with van der Waals surface area (Å²) in [6.45, 7) is 9.90. The number of benzene rings is 1. The third-order valence-electron chi connectivity index (χ3n) is 12.3. The molecule has 2 atom stereocenters. The maximum absolute atomic E-state index is 13.2. The number of pyridine rings is 2. The zero-order chi connectivity index (χ0) is 44.6. The van der Waals surface area contributed by atoms with E-state index >= 15 is 0 Å². The smallest absolute Gasteiger partial charge is 0.228 e. The fraction of sp³-hybridized carbons (Fsp3) is 0.396. The highest BCUT2D eigenvalue weighted by Gasteiger charge is 2.34. The van der Waals surface area contributed by atoms with Gasteiger partial charge in [-0.15, -0.1) is 0 Å². The number of aromatic nitrogens is 8. The van der Waals surface area contributed by atoms with Crippen LogP contribution in [-0.4, -0.2) is 102 Å². The highest BCUT2D eigenvalue weighted by atomic mass is 35.5. The van der Waals surface area contributed by atoms with E-state index < -0.39 is 0 Å². The number of piperidine rings is 3. The molecule has 1 N–H and O–H groups in total. The van der Waals surface area contributed by atoms with Gasteiger partial charge in [-0.05, 0) is 81.1 Å². The van der Waals surface area contributed by atoms with Crippen LogP contribution in [0.3, 0.4) is 0 Å². The van der Waals surface area contributed by atoms with Crippen LogP contribution in [-0.2, 0) is 14.4 Å². The summed E-state index contributed by atoms with van der Waals surface area (Å²) in [5, 5.41) is 5.06. The number of halogens is 1. The minimum atomic E-state index is 0.0258. The molecule has 0 saturated carbocycles. The Balaban J connectivity index is 0.000000169. The van der Waals surface area contributed by atoms with Gasteiger partial charge in [0.2, 0.25) is 17.7 Å². The van der Waals surface area contributed by atoms with Gasteiger partial charge < -0.3 is 10.2 Å². The van der Waals surface area contributed by atoms with Crippen LogP contribution in [0.25, 0.3) is 27.5 Å². The number of fused-ring (bicyclic) bond motifs is 2.